The van der Waals surface area contributed by atoms with Gasteiger partial charge in [-0.2, -0.15) is 0 Å². The zero-order chi connectivity index (χ0) is 15.2. The monoisotopic (exact) mass is 347 g/mol. The van der Waals surface area contributed by atoms with E-state index in [2.05, 4.69) is 21.2 Å². The van der Waals surface area contributed by atoms with Gasteiger partial charge in [-0.1, -0.05) is 15.9 Å². The summed E-state index contributed by atoms with van der Waals surface area (Å²) in [7, 11) is 0. The first-order chi connectivity index (χ1) is 9.31. The standard InChI is InChI=1S/C14H19BrFNO3/c1-14(2,3)20-13(18)17-6-7-19-12-5-4-11(16)8-10(12)9-15/h4-5,8H,6-7,9H2,1-3H3,(H,17,18). The Morgan fingerprint density at radius 2 is 2.10 bits per heavy atom. The first kappa shape index (κ1) is 16.8. The van der Waals surface area contributed by atoms with E-state index in [4.69, 9.17) is 9.47 Å². The van der Waals surface area contributed by atoms with Crippen LogP contribution in [-0.2, 0) is 10.1 Å². The molecule has 0 aromatic heterocycles. The van der Waals surface area contributed by atoms with Crippen molar-refractivity contribution >= 4 is 22.0 Å². The summed E-state index contributed by atoms with van der Waals surface area (Å²) in [5.41, 5.74) is 0.202. The number of carbonyl (C=O) groups excluding carboxylic acids is 1. The van der Waals surface area contributed by atoms with Gasteiger partial charge in [0.25, 0.3) is 0 Å². The van der Waals surface area contributed by atoms with Gasteiger partial charge in [0.1, 0.15) is 23.8 Å². The van der Waals surface area contributed by atoms with E-state index in [0.29, 0.717) is 17.6 Å². The van der Waals surface area contributed by atoms with Crippen molar-refractivity contribution in [3.8, 4) is 5.75 Å². The smallest absolute Gasteiger partial charge is 0.407 e. The summed E-state index contributed by atoms with van der Waals surface area (Å²) in [5, 5.41) is 3.09. The minimum atomic E-state index is -0.523. The van der Waals surface area contributed by atoms with Crippen molar-refractivity contribution in [3.63, 3.8) is 0 Å². The molecule has 0 saturated heterocycles. The van der Waals surface area contributed by atoms with Gasteiger partial charge in [0.05, 0.1) is 6.54 Å². The van der Waals surface area contributed by atoms with E-state index in [1.165, 1.54) is 12.1 Å². The summed E-state index contributed by atoms with van der Waals surface area (Å²) in [6, 6.07) is 4.31. The lowest BCUT2D eigenvalue weighted by atomic mass is 10.2. The molecule has 1 aromatic carbocycles. The van der Waals surface area contributed by atoms with Crippen LogP contribution in [0.15, 0.2) is 18.2 Å². The van der Waals surface area contributed by atoms with Crippen molar-refractivity contribution < 1.29 is 18.7 Å². The van der Waals surface area contributed by atoms with Crippen molar-refractivity contribution in [1.29, 1.82) is 0 Å². The average molecular weight is 348 g/mol. The molecule has 20 heavy (non-hydrogen) atoms. The van der Waals surface area contributed by atoms with Gasteiger partial charge in [-0.3, -0.25) is 0 Å². The molecule has 0 bridgehead atoms. The van der Waals surface area contributed by atoms with Crippen LogP contribution in [0.25, 0.3) is 0 Å². The van der Waals surface area contributed by atoms with Gasteiger partial charge in [-0.25, -0.2) is 9.18 Å². The maximum Gasteiger partial charge on any atom is 0.407 e. The van der Waals surface area contributed by atoms with Crippen LogP contribution in [0, 0.1) is 5.82 Å². The molecule has 0 fully saturated rings. The van der Waals surface area contributed by atoms with E-state index in [1.54, 1.807) is 26.8 Å². The fraction of sp³-hybridized carbons (Fsp3) is 0.500. The summed E-state index contributed by atoms with van der Waals surface area (Å²) < 4.78 is 23.6. The van der Waals surface area contributed by atoms with Crippen LogP contribution < -0.4 is 10.1 Å². The fourth-order valence-electron chi connectivity index (χ4n) is 1.42. The molecule has 6 heteroatoms. The number of halogens is 2. The maximum absolute atomic E-state index is 13.0. The molecule has 0 aliphatic carbocycles. The van der Waals surface area contributed by atoms with Crippen molar-refractivity contribution in [3.05, 3.63) is 29.6 Å². The number of nitrogens with one attached hydrogen (secondary N) is 1. The quantitative estimate of drug-likeness (QED) is 0.653. The molecule has 0 saturated carbocycles. The van der Waals surface area contributed by atoms with E-state index in [-0.39, 0.29) is 12.4 Å². The largest absolute Gasteiger partial charge is 0.491 e. The minimum Gasteiger partial charge on any atom is -0.491 e. The molecular formula is C14H19BrFNO3. The molecule has 0 aliphatic heterocycles. The third-order valence-electron chi connectivity index (χ3n) is 2.19. The molecule has 1 amide bonds. The summed E-state index contributed by atoms with van der Waals surface area (Å²) >= 11 is 3.27. The topological polar surface area (TPSA) is 47.6 Å². The molecule has 0 radical (unpaired) electrons. The Kier molecular flexibility index (Phi) is 6.26. The second-order valence-corrected chi connectivity index (χ2v) is 5.72. The Labute approximate surface area is 126 Å². The number of alkyl halides is 1. The number of amides is 1. The summed E-state index contributed by atoms with van der Waals surface area (Å²) in [6.45, 7) is 5.98. The zero-order valence-electron chi connectivity index (χ0n) is 11.8. The van der Waals surface area contributed by atoms with Crippen LogP contribution >= 0.6 is 15.9 Å². The van der Waals surface area contributed by atoms with E-state index in [0.717, 1.165) is 5.56 Å². The first-order valence-electron chi connectivity index (χ1n) is 6.26. The molecule has 0 atom stereocenters. The predicted octanol–water partition coefficient (Wildman–Crippen LogP) is 3.62. The lowest BCUT2D eigenvalue weighted by Gasteiger charge is -2.19. The second kappa shape index (κ2) is 7.47. The number of hydrogen-bond donors (Lipinski definition) is 1. The van der Waals surface area contributed by atoms with E-state index >= 15 is 0 Å². The molecular weight excluding hydrogens is 329 g/mol. The van der Waals surface area contributed by atoms with Crippen molar-refractivity contribution in [2.75, 3.05) is 13.2 Å². The minimum absolute atomic E-state index is 0.283. The number of carbonyl (C=O) groups is 1. The number of benzene rings is 1. The molecule has 1 N–H and O–H groups in total. The van der Waals surface area contributed by atoms with E-state index < -0.39 is 11.7 Å². The van der Waals surface area contributed by atoms with Crippen molar-refractivity contribution in [2.24, 2.45) is 0 Å². The number of hydrogen-bond acceptors (Lipinski definition) is 3. The van der Waals surface area contributed by atoms with Crippen LogP contribution in [0.4, 0.5) is 9.18 Å². The number of rotatable bonds is 5. The molecule has 1 aromatic rings. The molecule has 0 unspecified atom stereocenters. The van der Waals surface area contributed by atoms with Gasteiger partial charge in [-0.15, -0.1) is 0 Å². The highest BCUT2D eigenvalue weighted by molar-refractivity contribution is 9.08. The Bertz CT molecular complexity index is 460. The van der Waals surface area contributed by atoms with Gasteiger partial charge >= 0.3 is 6.09 Å². The molecule has 112 valence electrons. The average Bonchev–Trinajstić information content (AvgIpc) is 2.33. The molecule has 0 heterocycles. The first-order valence-corrected chi connectivity index (χ1v) is 7.38. The van der Waals surface area contributed by atoms with Crippen LogP contribution in [0.2, 0.25) is 0 Å². The Morgan fingerprint density at radius 1 is 1.40 bits per heavy atom. The van der Waals surface area contributed by atoms with Crippen LogP contribution in [0.1, 0.15) is 26.3 Å². The summed E-state index contributed by atoms with van der Waals surface area (Å²) in [4.78, 5) is 11.4. The molecule has 0 spiro atoms. The third kappa shape index (κ3) is 6.23. The number of alkyl carbamates (subject to hydrolysis) is 1. The van der Waals surface area contributed by atoms with Gasteiger partial charge in [0.15, 0.2) is 0 Å². The fourth-order valence-corrected chi connectivity index (χ4v) is 1.86. The highest BCUT2D eigenvalue weighted by Crippen LogP contribution is 2.21. The van der Waals surface area contributed by atoms with Crippen LogP contribution in [-0.4, -0.2) is 24.8 Å². The van der Waals surface area contributed by atoms with Crippen molar-refractivity contribution in [1.82, 2.24) is 5.32 Å². The van der Waals surface area contributed by atoms with E-state index in [9.17, 15) is 9.18 Å². The Hall–Kier alpha value is -1.30. The lowest BCUT2D eigenvalue weighted by molar-refractivity contribution is 0.0520. The molecule has 1 rings (SSSR count). The molecule has 4 nitrogen and oxygen atoms in total. The highest BCUT2D eigenvalue weighted by Gasteiger charge is 2.15. The second-order valence-electron chi connectivity index (χ2n) is 5.16. The Morgan fingerprint density at radius 3 is 2.70 bits per heavy atom. The van der Waals surface area contributed by atoms with Gasteiger partial charge in [0.2, 0.25) is 0 Å². The lowest BCUT2D eigenvalue weighted by Crippen LogP contribution is -2.34. The SMILES string of the molecule is CC(C)(C)OC(=O)NCCOc1ccc(F)cc1CBr. The predicted molar refractivity (Wildman–Crippen MR) is 78.8 cm³/mol. The highest BCUT2D eigenvalue weighted by atomic mass is 79.9. The summed E-state index contributed by atoms with van der Waals surface area (Å²) in [5.74, 6) is 0.285. The third-order valence-corrected chi connectivity index (χ3v) is 2.80. The zero-order valence-corrected chi connectivity index (χ0v) is 13.4. The van der Waals surface area contributed by atoms with Gasteiger partial charge < -0.3 is 14.8 Å². The normalized spacial score (nSPS) is 11.1. The maximum atomic E-state index is 13.0. The van der Waals surface area contributed by atoms with Crippen molar-refractivity contribution in [2.45, 2.75) is 31.7 Å². The Balaban J connectivity index is 2.36. The van der Waals surface area contributed by atoms with Crippen LogP contribution in [0.5, 0.6) is 5.75 Å². The van der Waals surface area contributed by atoms with Gasteiger partial charge in [0, 0.05) is 10.9 Å². The number of ether oxygens (including phenoxy) is 2. The van der Waals surface area contributed by atoms with E-state index in [1.807, 2.05) is 0 Å². The molecule has 0 aliphatic rings. The van der Waals surface area contributed by atoms with Gasteiger partial charge in [-0.05, 0) is 39.0 Å². The van der Waals surface area contributed by atoms with Crippen LogP contribution in [0.3, 0.4) is 0 Å². The summed E-state index contributed by atoms with van der Waals surface area (Å²) in [6.07, 6.45) is -0.485.